The number of allylic oxidation sites excluding steroid dienone is 8. The second kappa shape index (κ2) is 14.7. The highest BCUT2D eigenvalue weighted by molar-refractivity contribution is 7.86. The van der Waals surface area contributed by atoms with Gasteiger partial charge in [-0.15, -0.1) is 0 Å². The van der Waals surface area contributed by atoms with Gasteiger partial charge in [-0.2, -0.15) is 16.8 Å². The van der Waals surface area contributed by atoms with Gasteiger partial charge < -0.3 is 10.8 Å². The van der Waals surface area contributed by atoms with Gasteiger partial charge in [-0.05, 0) is 78.4 Å². The molecule has 46 heavy (non-hydrogen) atoms. The highest BCUT2D eigenvalue weighted by atomic mass is 32.2. The van der Waals surface area contributed by atoms with E-state index < -0.39 is 37.0 Å². The molecule has 0 saturated heterocycles. The third-order valence-electron chi connectivity index (χ3n) is 8.16. The van der Waals surface area contributed by atoms with Crippen molar-refractivity contribution in [2.75, 3.05) is 0 Å². The van der Waals surface area contributed by atoms with Crippen LogP contribution in [0, 0.1) is 0 Å². The molecule has 0 spiro atoms. The number of aliphatic carboxylic acids is 1. The number of aryl methyl sites for hydroxylation is 1. The predicted octanol–water partition coefficient (Wildman–Crippen LogP) is 6.61. The van der Waals surface area contributed by atoms with E-state index in [1.165, 1.54) is 24.3 Å². The van der Waals surface area contributed by atoms with Gasteiger partial charge in [0, 0.05) is 22.9 Å². The lowest BCUT2D eigenvalue weighted by molar-refractivity contribution is -0.137. The van der Waals surface area contributed by atoms with Crippen LogP contribution in [-0.4, -0.2) is 42.7 Å². The maximum absolute atomic E-state index is 11.9. The van der Waals surface area contributed by atoms with Crippen LogP contribution in [0.3, 0.4) is 0 Å². The number of fused-ring (bicyclic) bond motifs is 1. The van der Waals surface area contributed by atoms with Gasteiger partial charge in [0.2, 0.25) is 0 Å². The maximum Gasteiger partial charge on any atom is 0.303 e. The Balaban J connectivity index is 1.71. The minimum Gasteiger partial charge on any atom is -0.481 e. The monoisotopic (exact) mass is 670 g/mol. The summed E-state index contributed by atoms with van der Waals surface area (Å²) in [4.78, 5) is 15.0. The number of carbonyl (C=O) groups is 1. The normalized spacial score (nSPS) is 15.6. The number of carboxylic acids is 1. The fourth-order valence-corrected chi connectivity index (χ4v) is 6.26. The van der Waals surface area contributed by atoms with E-state index in [1.807, 2.05) is 39.8 Å². The maximum atomic E-state index is 11.9. The first-order valence-electron chi connectivity index (χ1n) is 14.9. The topological polar surface area (TPSA) is 184 Å². The Kier molecular flexibility index (Phi) is 11.7. The molecule has 3 rings (SSSR count). The lowest BCUT2D eigenvalue weighted by Gasteiger charge is -2.29. The van der Waals surface area contributed by atoms with E-state index in [9.17, 15) is 30.7 Å². The van der Waals surface area contributed by atoms with Gasteiger partial charge in [0.25, 0.3) is 20.2 Å². The van der Waals surface area contributed by atoms with Crippen molar-refractivity contribution in [3.8, 4) is 0 Å². The molecule has 0 fully saturated rings. The third kappa shape index (κ3) is 9.35. The number of benzene rings is 2. The molecule has 1 heterocycles. The Morgan fingerprint density at radius 3 is 2.11 bits per heavy atom. The van der Waals surface area contributed by atoms with E-state index >= 15 is 0 Å². The molecule has 0 radical (unpaired) electrons. The standard InChI is InChI=1S/C34H42N2O8S2/c1-33(2,27-22-25(45(39,40)41)19-18-24(27)14-10-8-9-13-17-32(37)38)30(35)15-11-6-5-7-12-16-31-34(3,4)28-23-26(46(42,43)44)20-21-29(28)36-31/h5-7,11-12,15-16,18-23H,8-10,13-14,17,35H2,1-4H3,(H,37,38)(H,39,40,41)(H,42,43,44)/b7-5+,11-6+,16-12+,30-15+. The molecule has 10 nitrogen and oxygen atoms in total. The number of hydrogen-bond donors (Lipinski definition) is 4. The predicted molar refractivity (Wildman–Crippen MR) is 180 cm³/mol. The molecule has 12 heteroatoms. The van der Waals surface area contributed by atoms with Crippen molar-refractivity contribution in [3.05, 3.63) is 101 Å². The lowest BCUT2D eigenvalue weighted by Crippen LogP contribution is -2.27. The van der Waals surface area contributed by atoms with E-state index in [0.29, 0.717) is 35.4 Å². The van der Waals surface area contributed by atoms with Crippen LogP contribution in [0.4, 0.5) is 5.69 Å². The van der Waals surface area contributed by atoms with Crippen molar-refractivity contribution in [2.45, 2.75) is 86.8 Å². The van der Waals surface area contributed by atoms with Crippen molar-refractivity contribution < 1.29 is 35.8 Å². The highest BCUT2D eigenvalue weighted by Crippen LogP contribution is 2.41. The van der Waals surface area contributed by atoms with Gasteiger partial charge in [-0.1, -0.05) is 77.0 Å². The van der Waals surface area contributed by atoms with Gasteiger partial charge in [-0.25, -0.2) is 0 Å². The highest BCUT2D eigenvalue weighted by Gasteiger charge is 2.34. The van der Waals surface area contributed by atoms with Crippen LogP contribution < -0.4 is 5.73 Å². The van der Waals surface area contributed by atoms with Crippen molar-refractivity contribution in [3.63, 3.8) is 0 Å². The van der Waals surface area contributed by atoms with E-state index in [4.69, 9.17) is 10.8 Å². The first kappa shape index (κ1) is 36.6. The zero-order valence-electron chi connectivity index (χ0n) is 26.5. The van der Waals surface area contributed by atoms with Crippen molar-refractivity contribution in [1.29, 1.82) is 0 Å². The Morgan fingerprint density at radius 2 is 1.46 bits per heavy atom. The third-order valence-corrected chi connectivity index (χ3v) is 9.86. The molecular weight excluding hydrogens is 629 g/mol. The molecular formula is C34H42N2O8S2. The molecule has 0 bridgehead atoms. The first-order valence-corrected chi connectivity index (χ1v) is 17.7. The summed E-state index contributed by atoms with van der Waals surface area (Å²) in [5, 5.41) is 8.82. The Morgan fingerprint density at radius 1 is 0.870 bits per heavy atom. The average Bonchev–Trinajstić information content (AvgIpc) is 3.21. The van der Waals surface area contributed by atoms with Crippen molar-refractivity contribution >= 4 is 37.6 Å². The summed E-state index contributed by atoms with van der Waals surface area (Å²) in [5.41, 5.74) is 9.30. The molecule has 0 aliphatic carbocycles. The molecule has 2 aromatic carbocycles. The second-order valence-electron chi connectivity index (χ2n) is 12.3. The summed E-state index contributed by atoms with van der Waals surface area (Å²) < 4.78 is 66.0. The number of hydrogen-bond acceptors (Lipinski definition) is 7. The van der Waals surface area contributed by atoms with E-state index in [1.54, 1.807) is 42.5 Å². The van der Waals surface area contributed by atoms with Gasteiger partial charge in [-0.3, -0.25) is 18.9 Å². The van der Waals surface area contributed by atoms with Crippen LogP contribution in [0.15, 0.2) is 99.4 Å². The van der Waals surface area contributed by atoms with Gasteiger partial charge >= 0.3 is 5.97 Å². The molecule has 0 unspecified atom stereocenters. The van der Waals surface area contributed by atoms with Crippen molar-refractivity contribution in [2.24, 2.45) is 10.7 Å². The number of nitrogens with zero attached hydrogens (tertiary/aromatic N) is 1. The smallest absolute Gasteiger partial charge is 0.303 e. The summed E-state index contributed by atoms with van der Waals surface area (Å²) in [6.07, 6.45) is 16.3. The summed E-state index contributed by atoms with van der Waals surface area (Å²) >= 11 is 0. The summed E-state index contributed by atoms with van der Waals surface area (Å²) in [6, 6.07) is 8.87. The first-order chi connectivity index (χ1) is 21.3. The van der Waals surface area contributed by atoms with E-state index in [0.717, 1.165) is 30.5 Å². The fraction of sp³-hybridized carbons (Fsp3) is 0.353. The van der Waals surface area contributed by atoms with E-state index in [2.05, 4.69) is 4.99 Å². The largest absolute Gasteiger partial charge is 0.481 e. The average molecular weight is 671 g/mol. The SMILES string of the molecule is CC1(C)C(/C=C/C=C/C=C/C=C(/N)C(C)(C)c2cc(S(=O)(=O)O)ccc2CCCCCCC(=O)O)=Nc2ccc(S(=O)(=O)O)cc21. The Hall–Kier alpha value is -3.84. The molecule has 1 aliphatic rings. The Labute approximate surface area is 271 Å². The minimum absolute atomic E-state index is 0.132. The zero-order chi connectivity index (χ0) is 34.3. The number of rotatable bonds is 15. The molecule has 248 valence electrons. The number of carboxylic acid groups (broad SMARTS) is 1. The molecule has 0 saturated carbocycles. The Bertz CT molecular complexity index is 1830. The molecule has 2 aromatic rings. The molecule has 5 N–H and O–H groups in total. The van der Waals surface area contributed by atoms with Gasteiger partial charge in [0.1, 0.15) is 0 Å². The number of unbranched alkanes of at least 4 members (excludes halogenated alkanes) is 3. The van der Waals surface area contributed by atoms with Crippen LogP contribution in [-0.2, 0) is 42.3 Å². The molecule has 0 aromatic heterocycles. The second-order valence-corrected chi connectivity index (χ2v) is 15.1. The van der Waals surface area contributed by atoms with Gasteiger partial charge in [0.15, 0.2) is 0 Å². The molecule has 0 atom stereocenters. The van der Waals surface area contributed by atoms with Crippen LogP contribution in [0.25, 0.3) is 0 Å². The van der Waals surface area contributed by atoms with Gasteiger partial charge in [0.05, 0.1) is 21.2 Å². The quantitative estimate of drug-likeness (QED) is 0.0919. The number of nitrogens with two attached hydrogens (primary N) is 1. The van der Waals surface area contributed by atoms with Crippen LogP contribution in [0.5, 0.6) is 0 Å². The summed E-state index contributed by atoms with van der Waals surface area (Å²) in [5.74, 6) is -0.816. The van der Waals surface area contributed by atoms with Crippen LogP contribution in [0.1, 0.15) is 76.5 Å². The fourth-order valence-electron chi connectivity index (χ4n) is 5.25. The van der Waals surface area contributed by atoms with Crippen LogP contribution in [0.2, 0.25) is 0 Å². The van der Waals surface area contributed by atoms with Crippen LogP contribution >= 0.6 is 0 Å². The molecule has 1 aliphatic heterocycles. The number of aliphatic imine (C=N–C) groups is 1. The summed E-state index contributed by atoms with van der Waals surface area (Å²) in [6.45, 7) is 7.61. The lowest BCUT2D eigenvalue weighted by atomic mass is 9.78. The molecule has 0 amide bonds. The summed E-state index contributed by atoms with van der Waals surface area (Å²) in [7, 11) is -8.75. The zero-order valence-corrected chi connectivity index (χ0v) is 28.1. The van der Waals surface area contributed by atoms with E-state index in [-0.39, 0.29) is 16.2 Å². The minimum atomic E-state index is -4.42. The van der Waals surface area contributed by atoms with Crippen molar-refractivity contribution in [1.82, 2.24) is 0 Å².